The molecule has 2 N–H and O–H groups in total. The fourth-order valence-electron chi connectivity index (χ4n) is 1.65. The Balaban J connectivity index is 1.69. The molecule has 0 amide bonds. The van der Waals surface area contributed by atoms with Crippen molar-refractivity contribution in [2.45, 2.75) is 6.54 Å². The lowest BCUT2D eigenvalue weighted by Crippen LogP contribution is -2.22. The van der Waals surface area contributed by atoms with Gasteiger partial charge in [0.2, 0.25) is 0 Å². The molecule has 0 fully saturated rings. The van der Waals surface area contributed by atoms with Crippen molar-refractivity contribution in [1.29, 1.82) is 0 Å². The maximum atomic E-state index is 13.3. The molecule has 4 nitrogen and oxygen atoms in total. The summed E-state index contributed by atoms with van der Waals surface area (Å²) in [5.74, 6) is 2.88. The summed E-state index contributed by atoms with van der Waals surface area (Å²) in [6.45, 7) is 1.85. The molecule has 0 bridgehead atoms. The van der Waals surface area contributed by atoms with Crippen LogP contribution in [-0.2, 0) is 6.54 Å². The Morgan fingerprint density at radius 2 is 1.95 bits per heavy atom. The fraction of sp³-hybridized carbons (Fsp3) is 0.200. The van der Waals surface area contributed by atoms with Crippen molar-refractivity contribution >= 4 is 5.82 Å². The Labute approximate surface area is 117 Å². The molecule has 2 rings (SSSR count). The Morgan fingerprint density at radius 1 is 1.10 bits per heavy atom. The first kappa shape index (κ1) is 14.0. The van der Waals surface area contributed by atoms with Gasteiger partial charge in [-0.05, 0) is 24.1 Å². The third-order valence-corrected chi connectivity index (χ3v) is 2.69. The standard InChI is InChI=1S/C15H15FN4/c1-2-13-7-8-15(20-19-13)18-10-9-17-11-12-5-3-4-6-14(12)16/h1,3-8,17H,9-11H2,(H,18,20). The quantitative estimate of drug-likeness (QED) is 0.621. The van der Waals surface area contributed by atoms with Crippen LogP contribution in [0.4, 0.5) is 10.2 Å². The van der Waals surface area contributed by atoms with Gasteiger partial charge >= 0.3 is 0 Å². The summed E-state index contributed by atoms with van der Waals surface area (Å²) in [6, 6.07) is 10.2. The first-order valence-corrected chi connectivity index (χ1v) is 6.28. The summed E-state index contributed by atoms with van der Waals surface area (Å²) in [7, 11) is 0. The SMILES string of the molecule is C#Cc1ccc(NCCNCc2ccccc2F)nn1. The van der Waals surface area contributed by atoms with Crippen molar-refractivity contribution in [2.24, 2.45) is 0 Å². The van der Waals surface area contributed by atoms with Crippen LogP contribution in [0.2, 0.25) is 0 Å². The number of rotatable bonds is 6. The Bertz CT molecular complexity index is 590. The highest BCUT2D eigenvalue weighted by Gasteiger charge is 1.99. The third-order valence-electron chi connectivity index (χ3n) is 2.69. The van der Waals surface area contributed by atoms with Crippen molar-refractivity contribution < 1.29 is 4.39 Å². The second-order valence-corrected chi connectivity index (χ2v) is 4.14. The summed E-state index contributed by atoms with van der Waals surface area (Å²) in [6.07, 6.45) is 5.19. The molecule has 0 spiro atoms. The van der Waals surface area contributed by atoms with E-state index >= 15 is 0 Å². The van der Waals surface area contributed by atoms with E-state index < -0.39 is 0 Å². The molecule has 0 saturated carbocycles. The zero-order valence-electron chi connectivity index (χ0n) is 10.9. The lowest BCUT2D eigenvalue weighted by atomic mass is 10.2. The number of halogens is 1. The second kappa shape index (κ2) is 7.22. The van der Waals surface area contributed by atoms with Crippen LogP contribution in [0, 0.1) is 18.2 Å². The van der Waals surface area contributed by atoms with E-state index in [1.165, 1.54) is 6.07 Å². The van der Waals surface area contributed by atoms with Gasteiger partial charge in [0.15, 0.2) is 0 Å². The molecule has 0 aliphatic heterocycles. The highest BCUT2D eigenvalue weighted by Crippen LogP contribution is 2.05. The van der Waals surface area contributed by atoms with Gasteiger partial charge in [-0.25, -0.2) is 4.39 Å². The van der Waals surface area contributed by atoms with E-state index in [-0.39, 0.29) is 5.82 Å². The number of hydrogen-bond acceptors (Lipinski definition) is 4. The molecule has 2 aromatic rings. The van der Waals surface area contributed by atoms with Crippen molar-refractivity contribution in [3.05, 3.63) is 53.5 Å². The smallest absolute Gasteiger partial charge is 0.148 e. The topological polar surface area (TPSA) is 49.8 Å². The Kier molecular flexibility index (Phi) is 5.04. The Hall–Kier alpha value is -2.45. The van der Waals surface area contributed by atoms with Crippen LogP contribution >= 0.6 is 0 Å². The lowest BCUT2D eigenvalue weighted by molar-refractivity contribution is 0.591. The van der Waals surface area contributed by atoms with Gasteiger partial charge in [-0.2, -0.15) is 0 Å². The molecule has 1 aromatic heterocycles. The van der Waals surface area contributed by atoms with E-state index in [9.17, 15) is 4.39 Å². The first-order chi connectivity index (χ1) is 9.79. The fourth-order valence-corrected chi connectivity index (χ4v) is 1.65. The molecule has 1 heterocycles. The molecule has 0 radical (unpaired) electrons. The maximum Gasteiger partial charge on any atom is 0.148 e. The van der Waals surface area contributed by atoms with Crippen molar-refractivity contribution in [3.8, 4) is 12.3 Å². The highest BCUT2D eigenvalue weighted by atomic mass is 19.1. The number of hydrogen-bond donors (Lipinski definition) is 2. The highest BCUT2D eigenvalue weighted by molar-refractivity contribution is 5.36. The summed E-state index contributed by atoms with van der Waals surface area (Å²) in [5, 5.41) is 14.0. The van der Waals surface area contributed by atoms with E-state index in [0.29, 0.717) is 36.7 Å². The van der Waals surface area contributed by atoms with E-state index in [1.54, 1.807) is 24.3 Å². The Morgan fingerprint density at radius 3 is 2.65 bits per heavy atom. The number of anilines is 1. The van der Waals surface area contributed by atoms with Gasteiger partial charge < -0.3 is 10.6 Å². The van der Waals surface area contributed by atoms with E-state index in [4.69, 9.17) is 6.42 Å². The van der Waals surface area contributed by atoms with Crippen LogP contribution in [0.5, 0.6) is 0 Å². The minimum atomic E-state index is -0.191. The summed E-state index contributed by atoms with van der Waals surface area (Å²) in [4.78, 5) is 0. The van der Waals surface area contributed by atoms with Gasteiger partial charge in [-0.15, -0.1) is 16.6 Å². The van der Waals surface area contributed by atoms with Crippen LogP contribution in [0.3, 0.4) is 0 Å². The minimum Gasteiger partial charge on any atom is -0.367 e. The molecular formula is C15H15FN4. The average molecular weight is 270 g/mol. The molecule has 5 heteroatoms. The average Bonchev–Trinajstić information content (AvgIpc) is 2.49. The van der Waals surface area contributed by atoms with Crippen LogP contribution in [0.15, 0.2) is 36.4 Å². The number of aromatic nitrogens is 2. The molecule has 0 aliphatic rings. The molecule has 0 saturated heterocycles. The molecule has 0 atom stereocenters. The molecular weight excluding hydrogens is 255 g/mol. The van der Waals surface area contributed by atoms with Gasteiger partial charge in [0.25, 0.3) is 0 Å². The van der Waals surface area contributed by atoms with Crippen LogP contribution in [0.25, 0.3) is 0 Å². The molecule has 0 unspecified atom stereocenters. The second-order valence-electron chi connectivity index (χ2n) is 4.14. The third kappa shape index (κ3) is 4.04. The number of nitrogens with zero attached hydrogens (tertiary/aromatic N) is 2. The molecule has 102 valence electrons. The summed E-state index contributed by atoms with van der Waals surface area (Å²) >= 11 is 0. The van der Waals surface area contributed by atoms with Crippen molar-refractivity contribution in [3.63, 3.8) is 0 Å². The summed E-state index contributed by atoms with van der Waals surface area (Å²) in [5.41, 5.74) is 1.17. The molecule has 20 heavy (non-hydrogen) atoms. The van der Waals surface area contributed by atoms with Crippen LogP contribution in [0.1, 0.15) is 11.3 Å². The minimum absolute atomic E-state index is 0.191. The van der Waals surface area contributed by atoms with Crippen molar-refractivity contribution in [2.75, 3.05) is 18.4 Å². The summed E-state index contributed by atoms with van der Waals surface area (Å²) < 4.78 is 13.3. The van der Waals surface area contributed by atoms with Crippen molar-refractivity contribution in [1.82, 2.24) is 15.5 Å². The van der Waals surface area contributed by atoms with Gasteiger partial charge in [0.1, 0.15) is 17.3 Å². The van der Waals surface area contributed by atoms with Gasteiger partial charge in [0.05, 0.1) is 0 Å². The van der Waals surface area contributed by atoms with Gasteiger partial charge in [-0.3, -0.25) is 0 Å². The van der Waals surface area contributed by atoms with Gasteiger partial charge in [-0.1, -0.05) is 18.2 Å². The molecule has 0 aliphatic carbocycles. The predicted octanol–water partition coefficient (Wildman–Crippen LogP) is 1.80. The zero-order chi connectivity index (χ0) is 14.2. The van der Waals surface area contributed by atoms with Gasteiger partial charge in [0, 0.05) is 25.2 Å². The zero-order valence-corrected chi connectivity index (χ0v) is 10.9. The monoisotopic (exact) mass is 270 g/mol. The number of nitrogens with one attached hydrogen (secondary N) is 2. The maximum absolute atomic E-state index is 13.3. The van der Waals surface area contributed by atoms with E-state index in [1.807, 2.05) is 6.07 Å². The van der Waals surface area contributed by atoms with Crippen LogP contribution in [-0.4, -0.2) is 23.3 Å². The first-order valence-electron chi connectivity index (χ1n) is 6.28. The predicted molar refractivity (Wildman–Crippen MR) is 76.6 cm³/mol. The number of terminal acetylenes is 1. The van der Waals surface area contributed by atoms with E-state index in [0.717, 1.165) is 0 Å². The normalized spacial score (nSPS) is 10.0. The largest absolute Gasteiger partial charge is 0.367 e. The molecule has 1 aromatic carbocycles. The van der Waals surface area contributed by atoms with Crippen LogP contribution < -0.4 is 10.6 Å². The van der Waals surface area contributed by atoms with E-state index in [2.05, 4.69) is 26.8 Å². The number of benzene rings is 1. The lowest BCUT2D eigenvalue weighted by Gasteiger charge is -2.07.